The van der Waals surface area contributed by atoms with Gasteiger partial charge in [0, 0.05) is 16.9 Å². The van der Waals surface area contributed by atoms with Crippen molar-refractivity contribution >= 4 is 25.8 Å². The topological polar surface area (TPSA) is 93.3 Å². The van der Waals surface area contributed by atoms with Crippen molar-refractivity contribution in [1.29, 1.82) is 0 Å². The van der Waals surface area contributed by atoms with Gasteiger partial charge < -0.3 is 10.8 Å². The zero-order chi connectivity index (χ0) is 10.8. The average molecular weight is 281 g/mol. The lowest BCUT2D eigenvalue weighted by Crippen LogP contribution is -2.29. The van der Waals surface area contributed by atoms with Gasteiger partial charge in [-0.05, 0) is 22.0 Å². The van der Waals surface area contributed by atoms with E-state index in [4.69, 9.17) is 10.8 Å². The lowest BCUT2D eigenvalue weighted by atomic mass is 10.5. The Morgan fingerprint density at radius 1 is 1.57 bits per heavy atom. The SMILES string of the molecule is NC(O)CS(=O)(=O)c1cncc(Br)c1. The van der Waals surface area contributed by atoms with E-state index < -0.39 is 21.8 Å². The molecule has 1 aromatic rings. The molecule has 1 aromatic heterocycles. The highest BCUT2D eigenvalue weighted by Gasteiger charge is 2.17. The van der Waals surface area contributed by atoms with Gasteiger partial charge in [0.1, 0.15) is 6.23 Å². The zero-order valence-corrected chi connectivity index (χ0v) is 9.49. The van der Waals surface area contributed by atoms with E-state index >= 15 is 0 Å². The van der Waals surface area contributed by atoms with Crippen LogP contribution < -0.4 is 5.73 Å². The molecular weight excluding hydrogens is 272 g/mol. The van der Waals surface area contributed by atoms with E-state index in [1.165, 1.54) is 18.5 Å². The minimum Gasteiger partial charge on any atom is -0.378 e. The maximum atomic E-state index is 11.5. The molecule has 1 unspecified atom stereocenters. The van der Waals surface area contributed by atoms with Crippen molar-refractivity contribution in [3.63, 3.8) is 0 Å². The quantitative estimate of drug-likeness (QED) is 0.754. The van der Waals surface area contributed by atoms with Crippen LogP contribution >= 0.6 is 15.9 Å². The van der Waals surface area contributed by atoms with Crippen LogP contribution in [-0.2, 0) is 9.84 Å². The summed E-state index contributed by atoms with van der Waals surface area (Å²) < 4.78 is 23.5. The highest BCUT2D eigenvalue weighted by Crippen LogP contribution is 2.15. The van der Waals surface area contributed by atoms with Crippen LogP contribution in [0.5, 0.6) is 0 Å². The smallest absolute Gasteiger partial charge is 0.183 e. The van der Waals surface area contributed by atoms with Crippen LogP contribution in [0, 0.1) is 0 Å². The summed E-state index contributed by atoms with van der Waals surface area (Å²) >= 11 is 3.10. The third-order valence-corrected chi connectivity index (χ3v) is 3.58. The van der Waals surface area contributed by atoms with Crippen molar-refractivity contribution < 1.29 is 13.5 Å². The molecule has 0 aliphatic carbocycles. The van der Waals surface area contributed by atoms with Gasteiger partial charge in [-0.25, -0.2) is 8.42 Å². The molecule has 0 fully saturated rings. The number of hydrogen-bond acceptors (Lipinski definition) is 5. The minimum absolute atomic E-state index is 0.0383. The number of hydrogen-bond donors (Lipinski definition) is 2. The van der Waals surface area contributed by atoms with E-state index in [9.17, 15) is 8.42 Å². The number of sulfone groups is 1. The van der Waals surface area contributed by atoms with Gasteiger partial charge in [0.25, 0.3) is 0 Å². The number of aromatic nitrogens is 1. The maximum absolute atomic E-state index is 11.5. The molecule has 0 saturated heterocycles. The molecule has 1 atom stereocenters. The molecular formula is C7H9BrN2O3S. The van der Waals surface area contributed by atoms with Gasteiger partial charge in [0.2, 0.25) is 0 Å². The van der Waals surface area contributed by atoms with Crippen LogP contribution in [0.3, 0.4) is 0 Å². The molecule has 3 N–H and O–H groups in total. The van der Waals surface area contributed by atoms with Gasteiger partial charge in [-0.1, -0.05) is 0 Å². The van der Waals surface area contributed by atoms with E-state index in [0.717, 1.165) is 0 Å². The van der Waals surface area contributed by atoms with Gasteiger partial charge in [-0.15, -0.1) is 0 Å². The Kier molecular flexibility index (Phi) is 3.59. The summed E-state index contributed by atoms with van der Waals surface area (Å²) in [5.41, 5.74) is 5.00. The largest absolute Gasteiger partial charge is 0.378 e. The maximum Gasteiger partial charge on any atom is 0.183 e. The number of aliphatic hydroxyl groups excluding tert-OH is 1. The van der Waals surface area contributed by atoms with Gasteiger partial charge in [0.05, 0.1) is 10.6 Å². The third kappa shape index (κ3) is 3.02. The lowest BCUT2D eigenvalue weighted by molar-refractivity contribution is 0.205. The molecule has 5 nitrogen and oxygen atoms in total. The lowest BCUT2D eigenvalue weighted by Gasteiger charge is -2.05. The molecule has 14 heavy (non-hydrogen) atoms. The summed E-state index contributed by atoms with van der Waals surface area (Å²) in [5.74, 6) is -0.509. The minimum atomic E-state index is -3.55. The highest BCUT2D eigenvalue weighted by atomic mass is 79.9. The van der Waals surface area contributed by atoms with E-state index in [1.54, 1.807) is 0 Å². The molecule has 1 rings (SSSR count). The molecule has 0 amide bonds. The summed E-state index contributed by atoms with van der Waals surface area (Å²) in [6, 6.07) is 1.41. The van der Waals surface area contributed by atoms with Crippen LogP contribution in [0.15, 0.2) is 27.8 Å². The van der Waals surface area contributed by atoms with Gasteiger partial charge in [-0.3, -0.25) is 4.98 Å². The molecule has 0 aliphatic heterocycles. The molecule has 0 radical (unpaired) electrons. The molecule has 1 heterocycles. The van der Waals surface area contributed by atoms with E-state index in [1.807, 2.05) is 0 Å². The molecule has 7 heteroatoms. The fourth-order valence-corrected chi connectivity index (χ4v) is 2.57. The summed E-state index contributed by atoms with van der Waals surface area (Å²) in [6.07, 6.45) is 1.30. The first-order valence-corrected chi connectivity index (χ1v) is 6.13. The number of nitrogens with two attached hydrogens (primary N) is 1. The van der Waals surface area contributed by atoms with E-state index in [2.05, 4.69) is 20.9 Å². The summed E-state index contributed by atoms with van der Waals surface area (Å²) in [5, 5.41) is 8.79. The zero-order valence-electron chi connectivity index (χ0n) is 7.09. The van der Waals surface area contributed by atoms with Gasteiger partial charge >= 0.3 is 0 Å². The molecule has 78 valence electrons. The van der Waals surface area contributed by atoms with Gasteiger partial charge in [-0.2, -0.15) is 0 Å². The second kappa shape index (κ2) is 4.35. The number of pyridine rings is 1. The first-order chi connectivity index (χ1) is 6.42. The number of nitrogens with zero attached hydrogens (tertiary/aromatic N) is 1. The van der Waals surface area contributed by atoms with E-state index in [0.29, 0.717) is 4.47 Å². The van der Waals surface area contributed by atoms with Crippen molar-refractivity contribution in [2.75, 3.05) is 5.75 Å². The van der Waals surface area contributed by atoms with Crippen LogP contribution in [-0.4, -0.2) is 30.5 Å². The van der Waals surface area contributed by atoms with Crippen LogP contribution in [0.2, 0.25) is 0 Å². The first kappa shape index (κ1) is 11.6. The predicted octanol–water partition coefficient (Wildman–Crippen LogP) is -0.105. The summed E-state index contributed by atoms with van der Waals surface area (Å²) in [6.45, 7) is 0. The number of aliphatic hydroxyl groups is 1. The molecule has 0 aromatic carbocycles. The summed E-state index contributed by atoms with van der Waals surface area (Å²) in [7, 11) is -3.55. The molecule has 0 spiro atoms. The van der Waals surface area contributed by atoms with Crippen molar-refractivity contribution in [1.82, 2.24) is 4.98 Å². The van der Waals surface area contributed by atoms with E-state index in [-0.39, 0.29) is 4.90 Å². The second-order valence-corrected chi connectivity index (χ2v) is 5.64. The van der Waals surface area contributed by atoms with Crippen molar-refractivity contribution in [3.05, 3.63) is 22.9 Å². The fraction of sp³-hybridized carbons (Fsp3) is 0.286. The van der Waals surface area contributed by atoms with Crippen molar-refractivity contribution in [2.45, 2.75) is 11.1 Å². The second-order valence-electron chi connectivity index (χ2n) is 2.69. The Hall–Kier alpha value is -0.500. The van der Waals surface area contributed by atoms with Crippen LogP contribution in [0.4, 0.5) is 0 Å². The normalized spacial score (nSPS) is 13.9. The van der Waals surface area contributed by atoms with Crippen LogP contribution in [0.25, 0.3) is 0 Å². The fourth-order valence-electron chi connectivity index (χ4n) is 0.883. The standard InChI is InChI=1S/C7H9BrN2O3S/c8-5-1-6(3-10-2-5)14(12,13)4-7(9)11/h1-3,7,11H,4,9H2. The summed E-state index contributed by atoms with van der Waals surface area (Å²) in [4.78, 5) is 3.75. The van der Waals surface area contributed by atoms with Crippen molar-refractivity contribution in [3.8, 4) is 0 Å². The van der Waals surface area contributed by atoms with Crippen molar-refractivity contribution in [2.24, 2.45) is 5.73 Å². The van der Waals surface area contributed by atoms with Gasteiger partial charge in [0.15, 0.2) is 9.84 Å². The van der Waals surface area contributed by atoms with Crippen LogP contribution in [0.1, 0.15) is 0 Å². The Bertz CT molecular complexity index is 419. The predicted molar refractivity (Wildman–Crippen MR) is 54.2 cm³/mol. The Labute approximate surface area is 90.0 Å². The molecule has 0 saturated carbocycles. The highest BCUT2D eigenvalue weighted by molar-refractivity contribution is 9.10. The third-order valence-electron chi connectivity index (χ3n) is 1.43. The number of rotatable bonds is 3. The molecule has 0 bridgehead atoms. The monoisotopic (exact) mass is 280 g/mol. The number of halogens is 1. The Morgan fingerprint density at radius 3 is 2.71 bits per heavy atom. The Balaban J connectivity index is 3.05. The average Bonchev–Trinajstić information content (AvgIpc) is 2.01. The first-order valence-electron chi connectivity index (χ1n) is 3.69. The Morgan fingerprint density at radius 2 is 2.21 bits per heavy atom. The molecule has 0 aliphatic rings.